The van der Waals surface area contributed by atoms with E-state index in [-0.39, 0.29) is 5.91 Å². The molecule has 1 amide bonds. The molecular weight excluding hydrogens is 244 g/mol. The van der Waals surface area contributed by atoms with Crippen molar-refractivity contribution in [1.82, 2.24) is 5.43 Å². The maximum absolute atomic E-state index is 11.7. The fraction of sp³-hybridized carbons (Fsp3) is 0.143. The number of nitrogens with one attached hydrogen (secondary N) is 1. The highest BCUT2D eigenvalue weighted by atomic mass is 16.5. The van der Waals surface area contributed by atoms with Crippen LogP contribution in [0.2, 0.25) is 0 Å². The zero-order valence-corrected chi connectivity index (χ0v) is 10.5. The van der Waals surface area contributed by atoms with E-state index >= 15 is 0 Å². The minimum atomic E-state index is -0.286. The summed E-state index contributed by atoms with van der Waals surface area (Å²) < 4.78 is 10.3. The normalized spacial score (nSPS) is 10.6. The van der Waals surface area contributed by atoms with E-state index in [1.807, 2.05) is 6.92 Å². The van der Waals surface area contributed by atoms with E-state index in [2.05, 4.69) is 10.5 Å². The van der Waals surface area contributed by atoms with E-state index in [1.54, 1.807) is 36.4 Å². The molecule has 0 aliphatic carbocycles. The largest absolute Gasteiger partial charge is 0.494 e. The van der Waals surface area contributed by atoms with Crippen LogP contribution in [0.1, 0.15) is 23.0 Å². The van der Waals surface area contributed by atoms with Crippen molar-refractivity contribution in [3.63, 3.8) is 0 Å². The number of hydrogen-bond donors (Lipinski definition) is 1. The maximum Gasteiger partial charge on any atom is 0.271 e. The Morgan fingerprint density at radius 2 is 2.16 bits per heavy atom. The molecule has 0 bridgehead atoms. The van der Waals surface area contributed by atoms with E-state index < -0.39 is 0 Å². The topological polar surface area (TPSA) is 63.8 Å². The molecule has 98 valence electrons. The van der Waals surface area contributed by atoms with E-state index in [0.717, 1.165) is 5.75 Å². The first kappa shape index (κ1) is 12.9. The Balaban J connectivity index is 1.92. The van der Waals surface area contributed by atoms with E-state index in [0.29, 0.717) is 17.9 Å². The number of hydrogen-bond acceptors (Lipinski definition) is 4. The second-order valence-electron chi connectivity index (χ2n) is 3.67. The molecule has 0 radical (unpaired) electrons. The lowest BCUT2D eigenvalue weighted by molar-refractivity contribution is 0.0955. The van der Waals surface area contributed by atoms with Crippen LogP contribution in [-0.2, 0) is 0 Å². The smallest absolute Gasteiger partial charge is 0.271 e. The second kappa shape index (κ2) is 6.39. The second-order valence-corrected chi connectivity index (χ2v) is 3.67. The number of carbonyl (C=O) groups is 1. The summed E-state index contributed by atoms with van der Waals surface area (Å²) in [5.41, 5.74) is 2.93. The highest BCUT2D eigenvalue weighted by Gasteiger charge is 2.03. The van der Waals surface area contributed by atoms with Crippen LogP contribution in [-0.4, -0.2) is 18.7 Å². The van der Waals surface area contributed by atoms with Crippen LogP contribution in [0.25, 0.3) is 0 Å². The molecule has 0 unspecified atom stereocenters. The van der Waals surface area contributed by atoms with Crippen LogP contribution in [0, 0.1) is 0 Å². The molecule has 0 fully saturated rings. The molecule has 2 rings (SSSR count). The number of nitrogens with zero attached hydrogens (tertiary/aromatic N) is 1. The predicted molar refractivity (Wildman–Crippen MR) is 71.4 cm³/mol. The van der Waals surface area contributed by atoms with Gasteiger partial charge in [0.2, 0.25) is 0 Å². The summed E-state index contributed by atoms with van der Waals surface area (Å²) in [6, 6.07) is 10.3. The van der Waals surface area contributed by atoms with Crippen molar-refractivity contribution in [2.75, 3.05) is 6.61 Å². The van der Waals surface area contributed by atoms with Gasteiger partial charge in [-0.2, -0.15) is 5.10 Å². The van der Waals surface area contributed by atoms with Crippen LogP contribution in [0.3, 0.4) is 0 Å². The van der Waals surface area contributed by atoms with Crippen molar-refractivity contribution < 1.29 is 13.9 Å². The van der Waals surface area contributed by atoms with Gasteiger partial charge in [-0.1, -0.05) is 0 Å². The molecule has 19 heavy (non-hydrogen) atoms. The number of rotatable bonds is 5. The molecule has 5 heteroatoms. The van der Waals surface area contributed by atoms with Gasteiger partial charge < -0.3 is 9.15 Å². The monoisotopic (exact) mass is 258 g/mol. The number of furan rings is 1. The van der Waals surface area contributed by atoms with Gasteiger partial charge in [-0.3, -0.25) is 4.79 Å². The third kappa shape index (κ3) is 3.70. The minimum absolute atomic E-state index is 0.286. The Morgan fingerprint density at radius 3 is 2.79 bits per heavy atom. The van der Waals surface area contributed by atoms with Gasteiger partial charge in [-0.15, -0.1) is 0 Å². The minimum Gasteiger partial charge on any atom is -0.494 e. The Morgan fingerprint density at radius 1 is 1.37 bits per heavy atom. The Labute approximate surface area is 110 Å². The molecule has 5 nitrogen and oxygen atoms in total. The molecule has 0 saturated carbocycles. The van der Waals surface area contributed by atoms with Crippen LogP contribution in [0.4, 0.5) is 0 Å². The van der Waals surface area contributed by atoms with Crippen molar-refractivity contribution in [2.24, 2.45) is 5.10 Å². The fourth-order valence-corrected chi connectivity index (χ4v) is 1.45. The molecule has 0 aliphatic rings. The maximum atomic E-state index is 11.7. The van der Waals surface area contributed by atoms with Crippen LogP contribution in [0.5, 0.6) is 5.75 Å². The first-order valence-electron chi connectivity index (χ1n) is 5.89. The van der Waals surface area contributed by atoms with E-state index in [4.69, 9.17) is 9.15 Å². The molecular formula is C14H14N2O3. The average Bonchev–Trinajstić information content (AvgIpc) is 2.93. The molecule has 1 aromatic carbocycles. The summed E-state index contributed by atoms with van der Waals surface area (Å²) in [6.45, 7) is 2.50. The number of hydrazone groups is 1. The quantitative estimate of drug-likeness (QED) is 0.661. The van der Waals surface area contributed by atoms with Gasteiger partial charge in [0.1, 0.15) is 11.5 Å². The SMILES string of the molecule is CCOc1ccc(C(=O)N/N=C\c2ccco2)cc1. The Kier molecular flexibility index (Phi) is 4.34. The van der Waals surface area contributed by atoms with E-state index in [9.17, 15) is 4.79 Å². The molecule has 0 spiro atoms. The van der Waals surface area contributed by atoms with Gasteiger partial charge in [0.25, 0.3) is 5.91 Å². The van der Waals surface area contributed by atoms with Gasteiger partial charge >= 0.3 is 0 Å². The van der Waals surface area contributed by atoms with Crippen LogP contribution < -0.4 is 10.2 Å². The lowest BCUT2D eigenvalue weighted by Crippen LogP contribution is -2.17. The third-order valence-corrected chi connectivity index (χ3v) is 2.33. The highest BCUT2D eigenvalue weighted by Crippen LogP contribution is 2.11. The zero-order chi connectivity index (χ0) is 13.5. The van der Waals surface area contributed by atoms with Crippen molar-refractivity contribution in [2.45, 2.75) is 6.92 Å². The van der Waals surface area contributed by atoms with Crippen molar-refractivity contribution in [1.29, 1.82) is 0 Å². The number of carbonyl (C=O) groups excluding carboxylic acids is 1. The molecule has 1 heterocycles. The van der Waals surface area contributed by atoms with Crippen molar-refractivity contribution in [3.8, 4) is 5.75 Å². The first-order chi connectivity index (χ1) is 9.29. The lowest BCUT2D eigenvalue weighted by Gasteiger charge is -2.03. The number of ether oxygens (including phenoxy) is 1. The standard InChI is InChI=1S/C14H14N2O3/c1-2-18-12-7-5-11(6-8-12)14(17)16-15-10-13-4-3-9-19-13/h3-10H,2H2,1H3,(H,16,17)/b15-10-. The Hall–Kier alpha value is -2.56. The lowest BCUT2D eigenvalue weighted by atomic mass is 10.2. The van der Waals surface area contributed by atoms with Crippen molar-refractivity contribution in [3.05, 3.63) is 54.0 Å². The van der Waals surface area contributed by atoms with Gasteiger partial charge in [0, 0.05) is 5.56 Å². The van der Waals surface area contributed by atoms with E-state index in [1.165, 1.54) is 12.5 Å². The third-order valence-electron chi connectivity index (χ3n) is 2.33. The fourth-order valence-electron chi connectivity index (χ4n) is 1.45. The van der Waals surface area contributed by atoms with Gasteiger partial charge in [-0.05, 0) is 43.3 Å². The molecule has 2 aromatic rings. The summed E-state index contributed by atoms with van der Waals surface area (Å²) in [7, 11) is 0. The summed E-state index contributed by atoms with van der Waals surface area (Å²) in [5.74, 6) is 1.02. The molecule has 0 aliphatic heterocycles. The molecule has 1 aromatic heterocycles. The average molecular weight is 258 g/mol. The highest BCUT2D eigenvalue weighted by molar-refractivity contribution is 5.94. The molecule has 1 N–H and O–H groups in total. The van der Waals surface area contributed by atoms with Gasteiger partial charge in [-0.25, -0.2) is 5.43 Å². The van der Waals surface area contributed by atoms with Gasteiger partial charge in [0.15, 0.2) is 0 Å². The Bertz CT molecular complexity index is 545. The summed E-state index contributed by atoms with van der Waals surface area (Å²) in [6.07, 6.45) is 2.97. The predicted octanol–water partition coefficient (Wildman–Crippen LogP) is 2.44. The first-order valence-corrected chi connectivity index (χ1v) is 5.89. The summed E-state index contributed by atoms with van der Waals surface area (Å²) in [5, 5.41) is 3.80. The number of amides is 1. The summed E-state index contributed by atoms with van der Waals surface area (Å²) >= 11 is 0. The summed E-state index contributed by atoms with van der Waals surface area (Å²) in [4.78, 5) is 11.7. The number of benzene rings is 1. The van der Waals surface area contributed by atoms with Gasteiger partial charge in [0.05, 0.1) is 19.1 Å². The molecule has 0 saturated heterocycles. The molecule has 0 atom stereocenters. The van der Waals surface area contributed by atoms with Crippen LogP contribution in [0.15, 0.2) is 52.2 Å². The zero-order valence-electron chi connectivity index (χ0n) is 10.5. The van der Waals surface area contributed by atoms with Crippen LogP contribution >= 0.6 is 0 Å². The van der Waals surface area contributed by atoms with Crippen molar-refractivity contribution >= 4 is 12.1 Å².